The minimum Gasteiger partial charge on any atom is -0.399 e. The maximum absolute atomic E-state index is 11.8. The van der Waals surface area contributed by atoms with Crippen molar-refractivity contribution in [2.24, 2.45) is 0 Å². The van der Waals surface area contributed by atoms with Gasteiger partial charge in [0.15, 0.2) is 0 Å². The second-order valence-corrected chi connectivity index (χ2v) is 5.87. The highest BCUT2D eigenvalue weighted by Crippen LogP contribution is 2.09. The number of nitrogens with zero attached hydrogens (tertiary/aromatic N) is 3. The molecular formula is C11H15N5O2S. The number of hydrogen-bond acceptors (Lipinski definition) is 5. The summed E-state index contributed by atoms with van der Waals surface area (Å²) in [7, 11) is -3.37. The molecule has 0 aliphatic carbocycles. The van der Waals surface area contributed by atoms with Gasteiger partial charge in [-0.2, -0.15) is 0 Å². The Morgan fingerprint density at radius 3 is 2.89 bits per heavy atom. The smallest absolute Gasteiger partial charge is 0.215 e. The Bertz CT molecular complexity index is 624. The van der Waals surface area contributed by atoms with E-state index in [0.717, 1.165) is 0 Å². The van der Waals surface area contributed by atoms with Gasteiger partial charge in [0, 0.05) is 18.4 Å². The van der Waals surface area contributed by atoms with Crippen LogP contribution in [0.3, 0.4) is 0 Å². The second-order valence-electron chi connectivity index (χ2n) is 4.06. The van der Waals surface area contributed by atoms with E-state index in [-0.39, 0.29) is 12.3 Å². The molecule has 2 rings (SSSR count). The quantitative estimate of drug-likeness (QED) is 0.724. The van der Waals surface area contributed by atoms with Gasteiger partial charge in [-0.1, -0.05) is 17.3 Å². The van der Waals surface area contributed by atoms with E-state index < -0.39 is 10.0 Å². The van der Waals surface area contributed by atoms with E-state index in [1.54, 1.807) is 41.3 Å². The van der Waals surface area contributed by atoms with Crippen LogP contribution in [0.5, 0.6) is 0 Å². The Labute approximate surface area is 111 Å². The van der Waals surface area contributed by atoms with Gasteiger partial charge in [-0.3, -0.25) is 4.68 Å². The van der Waals surface area contributed by atoms with Crippen molar-refractivity contribution in [3.05, 3.63) is 42.2 Å². The molecule has 0 spiro atoms. The maximum atomic E-state index is 11.8. The van der Waals surface area contributed by atoms with Gasteiger partial charge in [-0.15, -0.1) is 5.10 Å². The molecule has 0 fully saturated rings. The van der Waals surface area contributed by atoms with E-state index in [4.69, 9.17) is 5.73 Å². The molecule has 102 valence electrons. The van der Waals surface area contributed by atoms with Gasteiger partial charge in [0.1, 0.15) is 0 Å². The summed E-state index contributed by atoms with van der Waals surface area (Å²) < 4.78 is 27.8. The Morgan fingerprint density at radius 1 is 1.37 bits per heavy atom. The van der Waals surface area contributed by atoms with Crippen LogP contribution >= 0.6 is 0 Å². The molecule has 19 heavy (non-hydrogen) atoms. The molecular weight excluding hydrogens is 266 g/mol. The fourth-order valence-corrected chi connectivity index (χ4v) is 2.74. The van der Waals surface area contributed by atoms with Crippen molar-refractivity contribution in [1.82, 2.24) is 19.7 Å². The molecule has 1 aromatic heterocycles. The predicted octanol–water partition coefficient (Wildman–Crippen LogP) is -0.0201. The van der Waals surface area contributed by atoms with Crippen LogP contribution in [-0.4, -0.2) is 30.0 Å². The van der Waals surface area contributed by atoms with Crippen LogP contribution in [0, 0.1) is 0 Å². The van der Waals surface area contributed by atoms with Crippen molar-refractivity contribution in [3.63, 3.8) is 0 Å². The molecule has 3 N–H and O–H groups in total. The van der Waals surface area contributed by atoms with Crippen LogP contribution in [0.15, 0.2) is 36.7 Å². The molecule has 0 radical (unpaired) electrons. The highest BCUT2D eigenvalue weighted by Gasteiger charge is 2.11. The highest BCUT2D eigenvalue weighted by molar-refractivity contribution is 7.88. The summed E-state index contributed by atoms with van der Waals surface area (Å²) in [6, 6.07) is 6.83. The lowest BCUT2D eigenvalue weighted by atomic mass is 10.2. The zero-order valence-electron chi connectivity index (χ0n) is 10.2. The lowest BCUT2D eigenvalue weighted by molar-refractivity contribution is 0.552. The molecule has 8 heteroatoms. The van der Waals surface area contributed by atoms with Crippen molar-refractivity contribution in [2.45, 2.75) is 12.3 Å². The van der Waals surface area contributed by atoms with Crippen LogP contribution in [0.25, 0.3) is 0 Å². The average molecular weight is 281 g/mol. The van der Waals surface area contributed by atoms with Crippen LogP contribution < -0.4 is 10.5 Å². The van der Waals surface area contributed by atoms with E-state index in [2.05, 4.69) is 15.0 Å². The lowest BCUT2D eigenvalue weighted by Gasteiger charge is -2.07. The molecule has 7 nitrogen and oxygen atoms in total. The fraction of sp³-hybridized carbons (Fsp3) is 0.273. The molecule has 0 aliphatic rings. The summed E-state index contributed by atoms with van der Waals surface area (Å²) in [5.74, 6) is -0.0879. The van der Waals surface area contributed by atoms with Gasteiger partial charge in [-0.25, -0.2) is 13.1 Å². The molecule has 1 heterocycles. The van der Waals surface area contributed by atoms with Crippen LogP contribution in [0.2, 0.25) is 0 Å². The number of sulfonamides is 1. The van der Waals surface area contributed by atoms with Crippen molar-refractivity contribution in [2.75, 3.05) is 12.3 Å². The van der Waals surface area contributed by atoms with Gasteiger partial charge < -0.3 is 5.73 Å². The Morgan fingerprint density at radius 2 is 2.21 bits per heavy atom. The molecule has 1 aromatic carbocycles. The first-order chi connectivity index (χ1) is 9.05. The van der Waals surface area contributed by atoms with Gasteiger partial charge in [-0.05, 0) is 17.7 Å². The topological polar surface area (TPSA) is 103 Å². The SMILES string of the molecule is Nc1cccc(CS(=O)(=O)NCCn2ccnn2)c1. The number of aromatic nitrogens is 3. The molecule has 0 saturated carbocycles. The molecule has 0 bridgehead atoms. The zero-order chi connectivity index (χ0) is 13.7. The third kappa shape index (κ3) is 4.34. The lowest BCUT2D eigenvalue weighted by Crippen LogP contribution is -2.28. The fourth-order valence-electron chi connectivity index (χ4n) is 1.62. The predicted molar refractivity (Wildman–Crippen MR) is 71.5 cm³/mol. The number of benzene rings is 1. The Kier molecular flexibility index (Phi) is 4.13. The standard InChI is InChI=1S/C11H15N5O2S/c12-11-3-1-2-10(8-11)9-19(17,18)14-5-7-16-6-4-13-15-16/h1-4,6,8,14H,5,7,9,12H2. The third-order valence-electron chi connectivity index (χ3n) is 2.44. The number of anilines is 1. The first-order valence-electron chi connectivity index (χ1n) is 5.71. The summed E-state index contributed by atoms with van der Waals surface area (Å²) in [6.45, 7) is 0.712. The zero-order valence-corrected chi connectivity index (χ0v) is 11.0. The minimum atomic E-state index is -3.37. The third-order valence-corrected chi connectivity index (χ3v) is 3.80. The van der Waals surface area contributed by atoms with Crippen molar-refractivity contribution in [1.29, 1.82) is 0 Å². The number of rotatable bonds is 6. The van der Waals surface area contributed by atoms with E-state index in [1.807, 2.05) is 0 Å². The largest absolute Gasteiger partial charge is 0.399 e. The van der Waals surface area contributed by atoms with E-state index in [0.29, 0.717) is 17.8 Å². The van der Waals surface area contributed by atoms with Crippen molar-refractivity contribution >= 4 is 15.7 Å². The van der Waals surface area contributed by atoms with Crippen LogP contribution in [0.4, 0.5) is 5.69 Å². The van der Waals surface area contributed by atoms with Crippen LogP contribution in [-0.2, 0) is 22.3 Å². The van der Waals surface area contributed by atoms with E-state index in [9.17, 15) is 8.42 Å². The summed E-state index contributed by atoms with van der Waals surface area (Å²) in [5, 5.41) is 7.38. The molecule has 0 saturated heterocycles. The Hall–Kier alpha value is -1.93. The average Bonchev–Trinajstić information content (AvgIpc) is 2.81. The first-order valence-corrected chi connectivity index (χ1v) is 7.36. The molecule has 0 amide bonds. The van der Waals surface area contributed by atoms with Gasteiger partial charge in [0.2, 0.25) is 10.0 Å². The molecule has 0 aliphatic heterocycles. The summed E-state index contributed by atoms with van der Waals surface area (Å²) in [5.41, 5.74) is 6.82. The number of nitrogen functional groups attached to an aromatic ring is 1. The van der Waals surface area contributed by atoms with Crippen LogP contribution in [0.1, 0.15) is 5.56 Å². The summed E-state index contributed by atoms with van der Waals surface area (Å²) in [4.78, 5) is 0. The molecule has 0 atom stereocenters. The number of nitrogens with one attached hydrogen (secondary N) is 1. The molecule has 0 unspecified atom stereocenters. The summed E-state index contributed by atoms with van der Waals surface area (Å²) in [6.07, 6.45) is 3.22. The monoisotopic (exact) mass is 281 g/mol. The van der Waals surface area contributed by atoms with Crippen molar-refractivity contribution in [3.8, 4) is 0 Å². The van der Waals surface area contributed by atoms with Gasteiger partial charge >= 0.3 is 0 Å². The maximum Gasteiger partial charge on any atom is 0.215 e. The normalized spacial score (nSPS) is 11.6. The van der Waals surface area contributed by atoms with E-state index in [1.165, 1.54) is 0 Å². The second kappa shape index (κ2) is 5.81. The number of hydrogen-bond donors (Lipinski definition) is 2. The van der Waals surface area contributed by atoms with Gasteiger partial charge in [0.25, 0.3) is 0 Å². The summed E-state index contributed by atoms with van der Waals surface area (Å²) >= 11 is 0. The van der Waals surface area contributed by atoms with E-state index >= 15 is 0 Å². The van der Waals surface area contributed by atoms with Crippen molar-refractivity contribution < 1.29 is 8.42 Å². The first kappa shape index (κ1) is 13.5. The molecule has 2 aromatic rings. The minimum absolute atomic E-state index is 0.0879. The Balaban J connectivity index is 1.88. The highest BCUT2D eigenvalue weighted by atomic mass is 32.2. The number of nitrogens with two attached hydrogens (primary N) is 1. The van der Waals surface area contributed by atoms with Gasteiger partial charge in [0.05, 0.1) is 18.5 Å².